The summed E-state index contributed by atoms with van der Waals surface area (Å²) in [5, 5.41) is 11.7. The number of pyridine rings is 1. The van der Waals surface area contributed by atoms with Gasteiger partial charge in [-0.05, 0) is 12.1 Å². The number of nitrogens with zero attached hydrogens (tertiary/aromatic N) is 2. The molecule has 2 rings (SSSR count). The standard InChI is InChI=1S/C12H9N3O2S/c16-6-2-4-10-8-14-12(18-10)15-11(17)9-3-1-5-13-7-9/h1,3,5,7-8,16H,6H2,(H,14,15,17). The first kappa shape index (κ1) is 12.2. The lowest BCUT2D eigenvalue weighted by Gasteiger charge is -1.99. The molecule has 0 saturated heterocycles. The van der Waals surface area contributed by atoms with E-state index in [1.165, 1.54) is 17.5 Å². The van der Waals surface area contributed by atoms with Crippen molar-refractivity contribution in [1.82, 2.24) is 9.97 Å². The van der Waals surface area contributed by atoms with Gasteiger partial charge in [0.1, 0.15) is 6.61 Å². The molecule has 6 heteroatoms. The zero-order chi connectivity index (χ0) is 12.8. The van der Waals surface area contributed by atoms with Crippen LogP contribution in [0.5, 0.6) is 0 Å². The lowest BCUT2D eigenvalue weighted by molar-refractivity contribution is 0.102. The van der Waals surface area contributed by atoms with E-state index in [0.29, 0.717) is 15.6 Å². The summed E-state index contributed by atoms with van der Waals surface area (Å²) in [6, 6.07) is 3.36. The minimum absolute atomic E-state index is 0.199. The third kappa shape index (κ3) is 3.13. The topological polar surface area (TPSA) is 75.1 Å². The number of hydrogen-bond acceptors (Lipinski definition) is 5. The van der Waals surface area contributed by atoms with Gasteiger partial charge in [-0.25, -0.2) is 4.98 Å². The fourth-order valence-electron chi connectivity index (χ4n) is 1.18. The van der Waals surface area contributed by atoms with Crippen LogP contribution in [0, 0.1) is 11.8 Å². The largest absolute Gasteiger partial charge is 0.384 e. The van der Waals surface area contributed by atoms with Crippen molar-refractivity contribution < 1.29 is 9.90 Å². The van der Waals surface area contributed by atoms with Gasteiger partial charge in [0.25, 0.3) is 5.91 Å². The SMILES string of the molecule is O=C(Nc1ncc(C#CCO)s1)c1cccnc1. The molecule has 2 N–H and O–H groups in total. The average Bonchev–Trinajstić information content (AvgIpc) is 2.85. The predicted molar refractivity (Wildman–Crippen MR) is 68.3 cm³/mol. The third-order valence-electron chi connectivity index (χ3n) is 1.94. The Morgan fingerprint density at radius 3 is 3.11 bits per heavy atom. The molecule has 0 bridgehead atoms. The van der Waals surface area contributed by atoms with Crippen LogP contribution >= 0.6 is 11.3 Å². The maximum Gasteiger partial charge on any atom is 0.259 e. The monoisotopic (exact) mass is 259 g/mol. The van der Waals surface area contributed by atoms with E-state index in [1.807, 2.05) is 0 Å². The number of carbonyl (C=O) groups excluding carboxylic acids is 1. The summed E-state index contributed by atoms with van der Waals surface area (Å²) >= 11 is 1.25. The lowest BCUT2D eigenvalue weighted by Crippen LogP contribution is -2.11. The van der Waals surface area contributed by atoms with E-state index < -0.39 is 0 Å². The van der Waals surface area contributed by atoms with Gasteiger partial charge in [-0.3, -0.25) is 15.1 Å². The molecule has 0 aliphatic heterocycles. The van der Waals surface area contributed by atoms with Crippen LogP contribution in [0.1, 0.15) is 15.2 Å². The molecule has 90 valence electrons. The van der Waals surface area contributed by atoms with Gasteiger partial charge < -0.3 is 5.11 Å². The Labute approximate surface area is 108 Å². The molecular weight excluding hydrogens is 250 g/mol. The number of thiazole rings is 1. The van der Waals surface area contributed by atoms with Crippen molar-refractivity contribution in [3.63, 3.8) is 0 Å². The number of amides is 1. The van der Waals surface area contributed by atoms with Crippen LogP contribution in [0.3, 0.4) is 0 Å². The van der Waals surface area contributed by atoms with Crippen molar-refractivity contribution in [2.45, 2.75) is 0 Å². The first-order chi connectivity index (χ1) is 8.79. The van der Waals surface area contributed by atoms with Gasteiger partial charge in [0, 0.05) is 12.4 Å². The van der Waals surface area contributed by atoms with Crippen LogP contribution in [-0.4, -0.2) is 27.6 Å². The van der Waals surface area contributed by atoms with Crippen molar-refractivity contribution in [3.05, 3.63) is 41.2 Å². The highest BCUT2D eigenvalue weighted by molar-refractivity contribution is 7.16. The van der Waals surface area contributed by atoms with Crippen molar-refractivity contribution in [2.24, 2.45) is 0 Å². The highest BCUT2D eigenvalue weighted by Gasteiger charge is 2.08. The maximum absolute atomic E-state index is 11.8. The smallest absolute Gasteiger partial charge is 0.259 e. The Balaban J connectivity index is 2.06. The Kier molecular flexibility index (Phi) is 4.02. The first-order valence-electron chi connectivity index (χ1n) is 5.06. The van der Waals surface area contributed by atoms with E-state index in [2.05, 4.69) is 27.1 Å². The maximum atomic E-state index is 11.8. The molecule has 2 heterocycles. The molecule has 1 amide bonds. The molecule has 0 saturated carbocycles. The van der Waals surface area contributed by atoms with E-state index in [0.717, 1.165) is 0 Å². The number of aromatic nitrogens is 2. The number of anilines is 1. The summed E-state index contributed by atoms with van der Waals surface area (Å²) in [4.78, 5) is 20.3. The van der Waals surface area contributed by atoms with Crippen LogP contribution in [0.4, 0.5) is 5.13 Å². The molecule has 0 atom stereocenters. The summed E-state index contributed by atoms with van der Waals surface area (Å²) in [7, 11) is 0. The summed E-state index contributed by atoms with van der Waals surface area (Å²) in [5.74, 6) is 4.97. The van der Waals surface area contributed by atoms with Crippen LogP contribution < -0.4 is 5.32 Å². The number of hydrogen-bond donors (Lipinski definition) is 2. The third-order valence-corrected chi connectivity index (χ3v) is 2.77. The van der Waals surface area contributed by atoms with Crippen molar-refractivity contribution in [2.75, 3.05) is 11.9 Å². The molecule has 2 aromatic heterocycles. The van der Waals surface area contributed by atoms with Gasteiger partial charge in [-0.1, -0.05) is 23.2 Å². The van der Waals surface area contributed by atoms with Crippen LogP contribution in [0.25, 0.3) is 0 Å². The molecule has 18 heavy (non-hydrogen) atoms. The van der Waals surface area contributed by atoms with E-state index in [-0.39, 0.29) is 12.5 Å². The van der Waals surface area contributed by atoms with Gasteiger partial charge in [0.2, 0.25) is 0 Å². The molecule has 0 aromatic carbocycles. The minimum atomic E-state index is -0.265. The molecule has 0 unspecified atom stereocenters. The fraction of sp³-hybridized carbons (Fsp3) is 0.0833. The Hall–Kier alpha value is -2.23. The number of aliphatic hydroxyl groups is 1. The number of rotatable bonds is 2. The highest BCUT2D eigenvalue weighted by atomic mass is 32.1. The van der Waals surface area contributed by atoms with E-state index in [4.69, 9.17) is 5.11 Å². The second-order valence-electron chi connectivity index (χ2n) is 3.19. The molecule has 5 nitrogen and oxygen atoms in total. The summed E-state index contributed by atoms with van der Waals surface area (Å²) in [5.41, 5.74) is 0.468. The summed E-state index contributed by atoms with van der Waals surface area (Å²) < 4.78 is 0. The molecule has 0 fully saturated rings. The number of nitrogens with one attached hydrogen (secondary N) is 1. The molecular formula is C12H9N3O2S. The Morgan fingerprint density at radius 1 is 1.50 bits per heavy atom. The summed E-state index contributed by atoms with van der Waals surface area (Å²) in [6.07, 6.45) is 4.63. The van der Waals surface area contributed by atoms with E-state index >= 15 is 0 Å². The normalized spacial score (nSPS) is 9.39. The highest BCUT2D eigenvalue weighted by Crippen LogP contribution is 2.17. The molecule has 0 aliphatic rings. The van der Waals surface area contributed by atoms with Crippen LogP contribution in [-0.2, 0) is 0 Å². The zero-order valence-electron chi connectivity index (χ0n) is 9.25. The van der Waals surface area contributed by atoms with Gasteiger partial charge >= 0.3 is 0 Å². The van der Waals surface area contributed by atoms with Crippen LogP contribution in [0.2, 0.25) is 0 Å². The quantitative estimate of drug-likeness (QED) is 0.793. The van der Waals surface area contributed by atoms with Gasteiger partial charge in [0.15, 0.2) is 5.13 Å². The van der Waals surface area contributed by atoms with E-state index in [1.54, 1.807) is 24.5 Å². The fourth-order valence-corrected chi connectivity index (χ4v) is 1.87. The molecule has 2 aromatic rings. The molecule has 0 radical (unpaired) electrons. The van der Waals surface area contributed by atoms with E-state index in [9.17, 15) is 4.79 Å². The Morgan fingerprint density at radius 2 is 2.39 bits per heavy atom. The second-order valence-corrected chi connectivity index (χ2v) is 4.22. The minimum Gasteiger partial charge on any atom is -0.384 e. The number of aliphatic hydroxyl groups excluding tert-OH is 1. The van der Waals surface area contributed by atoms with Crippen LogP contribution in [0.15, 0.2) is 30.7 Å². The first-order valence-corrected chi connectivity index (χ1v) is 5.88. The van der Waals surface area contributed by atoms with Crippen molar-refractivity contribution >= 4 is 22.4 Å². The number of carbonyl (C=O) groups is 1. The Bertz CT molecular complexity index is 599. The van der Waals surface area contributed by atoms with Gasteiger partial charge in [-0.2, -0.15) is 0 Å². The molecule has 0 spiro atoms. The summed E-state index contributed by atoms with van der Waals surface area (Å²) in [6.45, 7) is -0.199. The average molecular weight is 259 g/mol. The van der Waals surface area contributed by atoms with Gasteiger partial charge in [0.05, 0.1) is 16.6 Å². The zero-order valence-corrected chi connectivity index (χ0v) is 10.1. The van der Waals surface area contributed by atoms with Gasteiger partial charge in [-0.15, -0.1) is 0 Å². The van der Waals surface area contributed by atoms with Crippen molar-refractivity contribution in [1.29, 1.82) is 0 Å². The second kappa shape index (κ2) is 5.91. The lowest BCUT2D eigenvalue weighted by atomic mass is 10.3. The predicted octanol–water partition coefficient (Wildman–Crippen LogP) is 1.13. The van der Waals surface area contributed by atoms with Crippen molar-refractivity contribution in [3.8, 4) is 11.8 Å². The molecule has 0 aliphatic carbocycles.